The molecule has 1 aliphatic carbocycles. The molecule has 2 aromatic heterocycles. The summed E-state index contributed by atoms with van der Waals surface area (Å²) >= 11 is 3.17. The summed E-state index contributed by atoms with van der Waals surface area (Å²) in [5.41, 5.74) is 3.48. The summed E-state index contributed by atoms with van der Waals surface area (Å²) in [5.74, 6) is 1.29. The van der Waals surface area contributed by atoms with Crippen LogP contribution in [0.4, 0.5) is 0 Å². The third-order valence-corrected chi connectivity index (χ3v) is 7.10. The molecule has 7 heteroatoms. The van der Waals surface area contributed by atoms with E-state index in [0.29, 0.717) is 11.8 Å². The van der Waals surface area contributed by atoms with Crippen LogP contribution in [0.1, 0.15) is 30.6 Å². The predicted molar refractivity (Wildman–Crippen MR) is 116 cm³/mol. The molecule has 0 unspecified atom stereocenters. The van der Waals surface area contributed by atoms with Crippen LogP contribution in [0, 0.1) is 6.92 Å². The van der Waals surface area contributed by atoms with Crippen LogP contribution in [0.3, 0.4) is 0 Å². The van der Waals surface area contributed by atoms with Gasteiger partial charge in [0.15, 0.2) is 11.0 Å². The van der Waals surface area contributed by atoms with Crippen molar-refractivity contribution in [3.05, 3.63) is 40.6 Å². The van der Waals surface area contributed by atoms with Crippen LogP contribution in [0.5, 0.6) is 0 Å². The molecule has 1 fully saturated rings. The van der Waals surface area contributed by atoms with Crippen LogP contribution in [0.15, 0.2) is 40.9 Å². The van der Waals surface area contributed by atoms with Crippen LogP contribution in [0.2, 0.25) is 0 Å². The Morgan fingerprint density at radius 2 is 2.00 bits per heavy atom. The fraction of sp³-hybridized carbons (Fsp3) is 0.381. The fourth-order valence-corrected chi connectivity index (χ4v) is 5.31. The van der Waals surface area contributed by atoms with E-state index >= 15 is 0 Å². The first-order chi connectivity index (χ1) is 13.6. The molecule has 0 saturated heterocycles. The molecule has 28 heavy (non-hydrogen) atoms. The van der Waals surface area contributed by atoms with Gasteiger partial charge >= 0.3 is 0 Å². The van der Waals surface area contributed by atoms with Gasteiger partial charge in [0, 0.05) is 34.5 Å². The molecule has 0 radical (unpaired) electrons. The van der Waals surface area contributed by atoms with Crippen molar-refractivity contribution in [3.8, 4) is 22.5 Å². The maximum absolute atomic E-state index is 12.2. The Hall–Kier alpha value is -2.12. The molecule has 4 rings (SSSR count). The topological polar surface area (TPSA) is 59.8 Å². The molecule has 3 aromatic rings. The van der Waals surface area contributed by atoms with E-state index in [1.165, 1.54) is 40.6 Å². The van der Waals surface area contributed by atoms with E-state index < -0.39 is 0 Å². The minimum atomic E-state index is 0.0813. The van der Waals surface area contributed by atoms with Gasteiger partial charge in [-0.3, -0.25) is 4.79 Å². The molecule has 1 aliphatic rings. The van der Waals surface area contributed by atoms with Gasteiger partial charge in [0.05, 0.1) is 5.75 Å². The number of thiophene rings is 1. The third-order valence-electron chi connectivity index (χ3n) is 5.17. The lowest BCUT2D eigenvalue weighted by atomic mass is 10.0. The molecular formula is C21H24N4OS2. The van der Waals surface area contributed by atoms with Gasteiger partial charge in [-0.1, -0.05) is 54.9 Å². The monoisotopic (exact) mass is 412 g/mol. The molecule has 0 bridgehead atoms. The number of carbonyl (C=O) groups is 1. The van der Waals surface area contributed by atoms with E-state index in [4.69, 9.17) is 0 Å². The van der Waals surface area contributed by atoms with E-state index in [1.807, 2.05) is 17.7 Å². The smallest absolute Gasteiger partial charge is 0.230 e. The van der Waals surface area contributed by atoms with Gasteiger partial charge in [-0.15, -0.1) is 21.5 Å². The number of thioether (sulfide) groups is 1. The van der Waals surface area contributed by atoms with Gasteiger partial charge < -0.3 is 9.88 Å². The highest BCUT2D eigenvalue weighted by atomic mass is 32.2. The minimum absolute atomic E-state index is 0.0813. The van der Waals surface area contributed by atoms with Gasteiger partial charge in [-0.05, 0) is 25.3 Å². The third kappa shape index (κ3) is 4.00. The normalized spacial score (nSPS) is 14.5. The molecule has 1 amide bonds. The first-order valence-corrected chi connectivity index (χ1v) is 11.5. The number of aryl methyl sites for hydroxylation is 1. The zero-order valence-corrected chi connectivity index (χ0v) is 17.8. The van der Waals surface area contributed by atoms with Crippen molar-refractivity contribution in [1.82, 2.24) is 20.1 Å². The molecular weight excluding hydrogens is 388 g/mol. The minimum Gasteiger partial charge on any atom is -0.353 e. The number of benzene rings is 1. The molecule has 146 valence electrons. The van der Waals surface area contributed by atoms with E-state index in [2.05, 4.69) is 52.1 Å². The van der Waals surface area contributed by atoms with Crippen molar-refractivity contribution in [1.29, 1.82) is 0 Å². The van der Waals surface area contributed by atoms with Gasteiger partial charge in [-0.25, -0.2) is 0 Å². The van der Waals surface area contributed by atoms with Crippen molar-refractivity contribution in [3.63, 3.8) is 0 Å². The maximum atomic E-state index is 12.2. The SMILES string of the molecule is Cc1scc(-c2nnc(SCC(=O)NC3CCCC3)n2C)c1-c1ccccc1. The second-order valence-corrected chi connectivity index (χ2v) is 9.18. The quantitative estimate of drug-likeness (QED) is 0.598. The largest absolute Gasteiger partial charge is 0.353 e. The van der Waals surface area contributed by atoms with Gasteiger partial charge in [-0.2, -0.15) is 0 Å². The second kappa shape index (κ2) is 8.49. The Kier molecular flexibility index (Phi) is 5.82. The molecule has 1 saturated carbocycles. The lowest BCUT2D eigenvalue weighted by Crippen LogP contribution is -2.33. The number of amides is 1. The van der Waals surface area contributed by atoms with Gasteiger partial charge in [0.25, 0.3) is 0 Å². The Labute approximate surface area is 173 Å². The number of aromatic nitrogens is 3. The summed E-state index contributed by atoms with van der Waals surface area (Å²) in [7, 11) is 1.97. The zero-order valence-electron chi connectivity index (χ0n) is 16.1. The highest BCUT2D eigenvalue weighted by Crippen LogP contribution is 2.38. The Morgan fingerprint density at radius 3 is 2.75 bits per heavy atom. The summed E-state index contributed by atoms with van der Waals surface area (Å²) in [6, 6.07) is 10.7. The number of hydrogen-bond acceptors (Lipinski definition) is 5. The molecule has 2 heterocycles. The zero-order chi connectivity index (χ0) is 19.5. The van der Waals surface area contributed by atoms with Crippen molar-refractivity contribution in [2.24, 2.45) is 7.05 Å². The van der Waals surface area contributed by atoms with Crippen LogP contribution >= 0.6 is 23.1 Å². The molecule has 1 aromatic carbocycles. The lowest BCUT2D eigenvalue weighted by molar-refractivity contribution is -0.119. The molecule has 1 N–H and O–H groups in total. The van der Waals surface area contributed by atoms with E-state index in [9.17, 15) is 4.79 Å². The number of hydrogen-bond donors (Lipinski definition) is 1. The summed E-state index contributed by atoms with van der Waals surface area (Å²) in [6.07, 6.45) is 4.64. The number of carbonyl (C=O) groups excluding carboxylic acids is 1. The standard InChI is InChI=1S/C21H24N4OS2/c1-14-19(15-8-4-3-5-9-15)17(12-27-14)20-23-24-21(25(20)2)28-13-18(26)22-16-10-6-7-11-16/h3-5,8-9,12,16H,6-7,10-11,13H2,1-2H3,(H,22,26). The van der Waals surface area contributed by atoms with Crippen molar-refractivity contribution in [2.45, 2.75) is 43.8 Å². The first-order valence-electron chi connectivity index (χ1n) is 9.59. The van der Waals surface area contributed by atoms with E-state index in [1.54, 1.807) is 11.3 Å². The molecule has 0 atom stereocenters. The predicted octanol–water partition coefficient (Wildman–Crippen LogP) is 4.67. The van der Waals surface area contributed by atoms with Crippen LogP contribution in [0.25, 0.3) is 22.5 Å². The van der Waals surface area contributed by atoms with Gasteiger partial charge in [0.2, 0.25) is 5.91 Å². The van der Waals surface area contributed by atoms with Crippen molar-refractivity contribution < 1.29 is 4.79 Å². The Bertz CT molecular complexity index is 958. The number of rotatable bonds is 6. The van der Waals surface area contributed by atoms with Crippen molar-refractivity contribution in [2.75, 3.05) is 5.75 Å². The summed E-state index contributed by atoms with van der Waals surface area (Å²) in [5, 5.41) is 14.8. The number of nitrogens with one attached hydrogen (secondary N) is 1. The van der Waals surface area contributed by atoms with Crippen LogP contribution in [-0.4, -0.2) is 32.5 Å². The molecule has 5 nitrogen and oxygen atoms in total. The second-order valence-electron chi connectivity index (χ2n) is 7.15. The Balaban J connectivity index is 1.51. The van der Waals surface area contributed by atoms with E-state index in [0.717, 1.165) is 29.4 Å². The van der Waals surface area contributed by atoms with Crippen LogP contribution < -0.4 is 5.32 Å². The van der Waals surface area contributed by atoms with Gasteiger partial charge in [0.1, 0.15) is 0 Å². The fourth-order valence-electron chi connectivity index (χ4n) is 3.73. The molecule has 0 aliphatic heterocycles. The summed E-state index contributed by atoms with van der Waals surface area (Å²) < 4.78 is 1.99. The average molecular weight is 413 g/mol. The van der Waals surface area contributed by atoms with Crippen molar-refractivity contribution >= 4 is 29.0 Å². The average Bonchev–Trinajstić information content (AvgIpc) is 3.42. The maximum Gasteiger partial charge on any atom is 0.230 e. The molecule has 0 spiro atoms. The summed E-state index contributed by atoms with van der Waals surface area (Å²) in [6.45, 7) is 2.13. The van der Waals surface area contributed by atoms with E-state index in [-0.39, 0.29) is 5.91 Å². The number of nitrogens with zero attached hydrogens (tertiary/aromatic N) is 3. The highest BCUT2D eigenvalue weighted by molar-refractivity contribution is 7.99. The highest BCUT2D eigenvalue weighted by Gasteiger charge is 2.20. The Morgan fingerprint density at radius 1 is 1.25 bits per heavy atom. The lowest BCUT2D eigenvalue weighted by Gasteiger charge is -2.11. The first kappa shape index (κ1) is 19.2. The summed E-state index contributed by atoms with van der Waals surface area (Å²) in [4.78, 5) is 13.5. The van der Waals surface area contributed by atoms with Crippen LogP contribution in [-0.2, 0) is 11.8 Å².